The van der Waals surface area contributed by atoms with Crippen molar-refractivity contribution in [1.82, 2.24) is 5.32 Å². The summed E-state index contributed by atoms with van der Waals surface area (Å²) >= 11 is 6.32. The third-order valence-electron chi connectivity index (χ3n) is 3.37. The van der Waals surface area contributed by atoms with Gasteiger partial charge >= 0.3 is 0 Å². The lowest BCUT2D eigenvalue weighted by Crippen LogP contribution is -2.28. The van der Waals surface area contributed by atoms with E-state index < -0.39 is 0 Å². The van der Waals surface area contributed by atoms with E-state index in [0.29, 0.717) is 12.0 Å². The molecule has 1 unspecified atom stereocenters. The van der Waals surface area contributed by atoms with Crippen molar-refractivity contribution in [3.63, 3.8) is 0 Å². The lowest BCUT2D eigenvalue weighted by molar-refractivity contribution is 0.341. The highest BCUT2D eigenvalue weighted by Gasteiger charge is 2.21. The highest BCUT2D eigenvalue weighted by atomic mass is 35.5. The van der Waals surface area contributed by atoms with Crippen LogP contribution in [-0.4, -0.2) is 6.54 Å². The van der Waals surface area contributed by atoms with Crippen LogP contribution in [0.5, 0.6) is 0 Å². The summed E-state index contributed by atoms with van der Waals surface area (Å²) in [6.45, 7) is 7.76. The first-order valence-corrected chi connectivity index (χ1v) is 7.10. The molecule has 1 nitrogen and oxygen atoms in total. The molecule has 0 radical (unpaired) electrons. The molecule has 0 aliphatic rings. The Balaban J connectivity index is 2.92. The minimum atomic E-state index is 0.388. The molecule has 0 spiro atoms. The second kappa shape index (κ2) is 7.73. The van der Waals surface area contributed by atoms with Crippen LogP contribution in [0, 0.1) is 5.92 Å². The van der Waals surface area contributed by atoms with Crippen LogP contribution in [0.25, 0.3) is 0 Å². The van der Waals surface area contributed by atoms with Crippen LogP contribution in [0.1, 0.15) is 51.6 Å². The molecule has 1 aromatic rings. The van der Waals surface area contributed by atoms with Crippen molar-refractivity contribution in [2.45, 2.75) is 46.1 Å². The van der Waals surface area contributed by atoms with E-state index in [4.69, 9.17) is 11.6 Å². The first kappa shape index (κ1) is 14.5. The van der Waals surface area contributed by atoms with Crippen LogP contribution in [-0.2, 0) is 0 Å². The Morgan fingerprint density at radius 2 is 1.76 bits per heavy atom. The van der Waals surface area contributed by atoms with Crippen molar-refractivity contribution >= 4 is 11.6 Å². The predicted octanol–water partition coefficient (Wildman–Crippen LogP) is 4.82. The van der Waals surface area contributed by atoms with Crippen LogP contribution in [0.3, 0.4) is 0 Å². The molecule has 0 aromatic heterocycles. The second-order valence-electron chi connectivity index (χ2n) is 4.53. The topological polar surface area (TPSA) is 12.0 Å². The van der Waals surface area contributed by atoms with E-state index in [1.807, 2.05) is 12.1 Å². The van der Waals surface area contributed by atoms with E-state index >= 15 is 0 Å². The van der Waals surface area contributed by atoms with Gasteiger partial charge in [0.05, 0.1) is 0 Å². The maximum absolute atomic E-state index is 6.32. The van der Waals surface area contributed by atoms with Crippen molar-refractivity contribution in [3.8, 4) is 0 Å². The Morgan fingerprint density at radius 3 is 2.29 bits per heavy atom. The van der Waals surface area contributed by atoms with E-state index in [1.54, 1.807) is 0 Å². The third-order valence-corrected chi connectivity index (χ3v) is 3.72. The molecule has 0 amide bonds. The van der Waals surface area contributed by atoms with Gasteiger partial charge in [0.2, 0.25) is 0 Å². The molecule has 96 valence electrons. The molecular weight excluding hydrogens is 230 g/mol. The van der Waals surface area contributed by atoms with Crippen LogP contribution in [0.2, 0.25) is 5.02 Å². The molecule has 0 heterocycles. The molecule has 0 saturated heterocycles. The Bertz CT molecular complexity index is 320. The second-order valence-corrected chi connectivity index (χ2v) is 4.94. The van der Waals surface area contributed by atoms with Gasteiger partial charge in [-0.1, -0.05) is 63.4 Å². The molecule has 0 bridgehead atoms. The van der Waals surface area contributed by atoms with Crippen molar-refractivity contribution in [1.29, 1.82) is 0 Å². The number of benzene rings is 1. The monoisotopic (exact) mass is 253 g/mol. The van der Waals surface area contributed by atoms with Gasteiger partial charge in [-0.2, -0.15) is 0 Å². The SMILES string of the molecule is CCCNC(c1ccccc1Cl)C(CC)CC. The van der Waals surface area contributed by atoms with Crippen molar-refractivity contribution < 1.29 is 0 Å². The summed E-state index contributed by atoms with van der Waals surface area (Å²) in [5.74, 6) is 0.654. The van der Waals surface area contributed by atoms with E-state index in [2.05, 4.69) is 38.2 Å². The van der Waals surface area contributed by atoms with Crippen molar-refractivity contribution in [2.75, 3.05) is 6.54 Å². The van der Waals surface area contributed by atoms with Gasteiger partial charge in [-0.25, -0.2) is 0 Å². The van der Waals surface area contributed by atoms with Gasteiger partial charge in [-0.05, 0) is 30.5 Å². The summed E-state index contributed by atoms with van der Waals surface area (Å²) in [6, 6.07) is 8.59. The van der Waals surface area contributed by atoms with Gasteiger partial charge in [0.15, 0.2) is 0 Å². The van der Waals surface area contributed by atoms with Crippen LogP contribution >= 0.6 is 11.6 Å². The molecule has 0 aliphatic carbocycles. The molecule has 0 fully saturated rings. The minimum absolute atomic E-state index is 0.388. The van der Waals surface area contributed by atoms with Gasteiger partial charge in [0.25, 0.3) is 0 Å². The average molecular weight is 254 g/mol. The summed E-state index contributed by atoms with van der Waals surface area (Å²) in [6.07, 6.45) is 3.52. The Hall–Kier alpha value is -0.530. The predicted molar refractivity (Wildman–Crippen MR) is 76.6 cm³/mol. The molecule has 1 N–H and O–H groups in total. The summed E-state index contributed by atoms with van der Waals surface area (Å²) in [5.41, 5.74) is 1.25. The lowest BCUT2D eigenvalue weighted by atomic mass is 9.88. The lowest BCUT2D eigenvalue weighted by Gasteiger charge is -2.27. The molecule has 1 aromatic carbocycles. The number of rotatable bonds is 7. The van der Waals surface area contributed by atoms with Crippen molar-refractivity contribution in [3.05, 3.63) is 34.9 Å². The van der Waals surface area contributed by atoms with Crippen LogP contribution < -0.4 is 5.32 Å². The fourth-order valence-corrected chi connectivity index (χ4v) is 2.57. The molecule has 0 aliphatic heterocycles. The Kier molecular flexibility index (Phi) is 6.61. The molecule has 1 rings (SSSR count). The number of nitrogens with one attached hydrogen (secondary N) is 1. The summed E-state index contributed by atoms with van der Waals surface area (Å²) in [4.78, 5) is 0. The fourth-order valence-electron chi connectivity index (χ4n) is 2.32. The Morgan fingerprint density at radius 1 is 1.12 bits per heavy atom. The maximum Gasteiger partial charge on any atom is 0.0453 e. The number of halogens is 1. The highest BCUT2D eigenvalue weighted by Crippen LogP contribution is 2.31. The van der Waals surface area contributed by atoms with Gasteiger partial charge in [-0.3, -0.25) is 0 Å². The van der Waals surface area contributed by atoms with E-state index in [0.717, 1.165) is 18.0 Å². The van der Waals surface area contributed by atoms with Crippen molar-refractivity contribution in [2.24, 2.45) is 5.92 Å². The first-order valence-electron chi connectivity index (χ1n) is 6.72. The van der Waals surface area contributed by atoms with Gasteiger partial charge in [0, 0.05) is 11.1 Å². The zero-order valence-corrected chi connectivity index (χ0v) is 11.9. The van der Waals surface area contributed by atoms with E-state index in [9.17, 15) is 0 Å². The first-order chi connectivity index (χ1) is 8.24. The average Bonchev–Trinajstić information content (AvgIpc) is 2.36. The van der Waals surface area contributed by atoms with Crippen LogP contribution in [0.15, 0.2) is 24.3 Å². The summed E-state index contributed by atoms with van der Waals surface area (Å²) < 4.78 is 0. The third kappa shape index (κ3) is 4.01. The standard InChI is InChI=1S/C15H24ClN/c1-4-11-17-15(12(5-2)6-3)13-9-7-8-10-14(13)16/h7-10,12,15,17H,4-6,11H2,1-3H3. The van der Waals surface area contributed by atoms with Gasteiger partial charge in [0.1, 0.15) is 0 Å². The number of hydrogen-bond acceptors (Lipinski definition) is 1. The van der Waals surface area contributed by atoms with E-state index in [1.165, 1.54) is 18.4 Å². The molecule has 0 saturated carbocycles. The minimum Gasteiger partial charge on any atom is -0.310 e. The highest BCUT2D eigenvalue weighted by molar-refractivity contribution is 6.31. The van der Waals surface area contributed by atoms with Gasteiger partial charge in [-0.15, -0.1) is 0 Å². The maximum atomic E-state index is 6.32. The molecule has 1 atom stereocenters. The smallest absolute Gasteiger partial charge is 0.0453 e. The molecule has 2 heteroatoms. The number of hydrogen-bond donors (Lipinski definition) is 1. The van der Waals surface area contributed by atoms with E-state index in [-0.39, 0.29) is 0 Å². The summed E-state index contributed by atoms with van der Waals surface area (Å²) in [7, 11) is 0. The van der Waals surface area contributed by atoms with Gasteiger partial charge < -0.3 is 5.32 Å². The zero-order valence-electron chi connectivity index (χ0n) is 11.2. The summed E-state index contributed by atoms with van der Waals surface area (Å²) in [5, 5.41) is 4.53. The zero-order chi connectivity index (χ0) is 12.7. The quantitative estimate of drug-likeness (QED) is 0.735. The Labute approximate surface area is 111 Å². The molecule has 17 heavy (non-hydrogen) atoms. The fraction of sp³-hybridized carbons (Fsp3) is 0.600. The molecular formula is C15H24ClN. The van der Waals surface area contributed by atoms with Crippen LogP contribution in [0.4, 0.5) is 0 Å². The largest absolute Gasteiger partial charge is 0.310 e. The normalized spacial score (nSPS) is 13.0.